The molecule has 0 aliphatic carbocycles. The molecule has 1 unspecified atom stereocenters. The Morgan fingerprint density at radius 1 is 1.29 bits per heavy atom. The fourth-order valence-electron chi connectivity index (χ4n) is 3.55. The van der Waals surface area contributed by atoms with Gasteiger partial charge in [-0.25, -0.2) is 9.79 Å². The molecule has 2 aliphatic rings. The van der Waals surface area contributed by atoms with Crippen LogP contribution in [0.2, 0.25) is 0 Å². The van der Waals surface area contributed by atoms with E-state index in [2.05, 4.69) is 4.99 Å². The third-order valence-corrected chi connectivity index (χ3v) is 5.94. The lowest BCUT2D eigenvalue weighted by atomic mass is 10.0. The molecule has 0 amide bonds. The molecule has 4 heterocycles. The van der Waals surface area contributed by atoms with Gasteiger partial charge in [0.1, 0.15) is 17.6 Å². The lowest BCUT2D eigenvalue weighted by molar-refractivity contribution is -0.139. The van der Waals surface area contributed by atoms with Crippen molar-refractivity contribution in [1.82, 2.24) is 4.57 Å². The molecule has 31 heavy (non-hydrogen) atoms. The number of rotatable bonds is 4. The van der Waals surface area contributed by atoms with E-state index >= 15 is 0 Å². The highest BCUT2D eigenvalue weighted by atomic mass is 32.1. The summed E-state index contributed by atoms with van der Waals surface area (Å²) in [5, 5.41) is 0. The van der Waals surface area contributed by atoms with Crippen LogP contribution in [0.4, 0.5) is 0 Å². The normalized spacial score (nSPS) is 17.2. The molecule has 0 spiro atoms. The van der Waals surface area contributed by atoms with Gasteiger partial charge in [-0.2, -0.15) is 0 Å². The van der Waals surface area contributed by atoms with Crippen molar-refractivity contribution in [2.75, 3.05) is 13.4 Å². The molecular formula is C22H18N2O6S. The van der Waals surface area contributed by atoms with E-state index in [-0.39, 0.29) is 24.5 Å². The molecule has 1 atom stereocenters. The van der Waals surface area contributed by atoms with Crippen LogP contribution in [0.3, 0.4) is 0 Å². The first-order valence-corrected chi connectivity index (χ1v) is 10.5. The molecule has 2 aliphatic heterocycles. The molecule has 0 fully saturated rings. The molecule has 0 bridgehead atoms. The van der Waals surface area contributed by atoms with Gasteiger partial charge in [0.2, 0.25) is 6.79 Å². The quantitative estimate of drug-likeness (QED) is 0.579. The fraction of sp³-hybridized carbons (Fsp3) is 0.227. The van der Waals surface area contributed by atoms with Crippen LogP contribution >= 0.6 is 11.3 Å². The number of benzene rings is 1. The van der Waals surface area contributed by atoms with Gasteiger partial charge in [0, 0.05) is 6.20 Å². The number of fused-ring (bicyclic) bond motifs is 2. The van der Waals surface area contributed by atoms with Gasteiger partial charge in [0.25, 0.3) is 5.56 Å². The highest BCUT2D eigenvalue weighted by molar-refractivity contribution is 7.07. The van der Waals surface area contributed by atoms with Gasteiger partial charge in [-0.1, -0.05) is 17.4 Å². The number of carbonyl (C=O) groups is 1. The second-order valence-corrected chi connectivity index (χ2v) is 7.98. The maximum atomic E-state index is 13.4. The molecule has 5 rings (SSSR count). The number of aryl methyl sites for hydroxylation is 1. The minimum Gasteiger partial charge on any atom is -0.464 e. The Hall–Kier alpha value is -3.59. The standard InChI is InChI=1S/C22H18N2O6S/c1-3-27-21(26)14-10-23-22-24(19(14)16-6-4-12(2)30-16)20(25)18(31-22)9-13-5-7-15-17(8-13)29-11-28-15/h4-10,19H,3,11H2,1-2H3/b18-9+. The van der Waals surface area contributed by atoms with Crippen molar-refractivity contribution in [3.05, 3.63) is 78.9 Å². The van der Waals surface area contributed by atoms with E-state index in [0.717, 1.165) is 5.56 Å². The molecule has 0 saturated carbocycles. The Kier molecular flexibility index (Phi) is 4.74. The lowest BCUT2D eigenvalue weighted by Gasteiger charge is -2.20. The van der Waals surface area contributed by atoms with Gasteiger partial charge in [-0.05, 0) is 49.8 Å². The third kappa shape index (κ3) is 3.36. The Balaban J connectivity index is 1.65. The average molecular weight is 438 g/mol. The summed E-state index contributed by atoms with van der Waals surface area (Å²) in [6, 6.07) is 8.27. The summed E-state index contributed by atoms with van der Waals surface area (Å²) >= 11 is 1.24. The van der Waals surface area contributed by atoms with Gasteiger partial charge >= 0.3 is 5.97 Å². The zero-order valence-electron chi connectivity index (χ0n) is 16.8. The number of esters is 1. The molecule has 0 N–H and O–H groups in total. The van der Waals surface area contributed by atoms with Gasteiger partial charge in [0.15, 0.2) is 16.3 Å². The van der Waals surface area contributed by atoms with E-state index in [9.17, 15) is 9.59 Å². The lowest BCUT2D eigenvalue weighted by Crippen LogP contribution is -2.39. The second kappa shape index (κ2) is 7.59. The van der Waals surface area contributed by atoms with Gasteiger partial charge in [-0.15, -0.1) is 0 Å². The molecule has 1 aromatic carbocycles. The van der Waals surface area contributed by atoms with Gasteiger partial charge in [0.05, 0.1) is 16.7 Å². The SMILES string of the molecule is CCOC(=O)C1=CN=c2s/c(=C/c3ccc4c(c3)OCO4)c(=O)n2C1c1ccc(C)o1. The summed E-state index contributed by atoms with van der Waals surface area (Å²) < 4.78 is 23.7. The highest BCUT2D eigenvalue weighted by Gasteiger charge is 2.33. The first-order chi connectivity index (χ1) is 15.0. The number of carbonyl (C=O) groups excluding carboxylic acids is 1. The van der Waals surface area contributed by atoms with Crippen LogP contribution in [0.25, 0.3) is 6.08 Å². The van der Waals surface area contributed by atoms with Crippen molar-refractivity contribution < 1.29 is 23.4 Å². The molecule has 0 saturated heterocycles. The van der Waals surface area contributed by atoms with Crippen LogP contribution in [-0.4, -0.2) is 23.9 Å². The predicted molar refractivity (Wildman–Crippen MR) is 112 cm³/mol. The number of furan rings is 1. The number of aromatic nitrogens is 1. The Morgan fingerprint density at radius 2 is 2.13 bits per heavy atom. The average Bonchev–Trinajstić information content (AvgIpc) is 3.47. The maximum absolute atomic E-state index is 13.4. The molecule has 2 aromatic heterocycles. The van der Waals surface area contributed by atoms with Crippen molar-refractivity contribution in [3.63, 3.8) is 0 Å². The monoisotopic (exact) mass is 438 g/mol. The van der Waals surface area contributed by atoms with Gasteiger partial charge < -0.3 is 18.6 Å². The van der Waals surface area contributed by atoms with Crippen LogP contribution in [-0.2, 0) is 9.53 Å². The first-order valence-electron chi connectivity index (χ1n) is 9.69. The van der Waals surface area contributed by atoms with Crippen molar-refractivity contribution >= 4 is 23.4 Å². The number of hydrogen-bond acceptors (Lipinski definition) is 8. The summed E-state index contributed by atoms with van der Waals surface area (Å²) in [4.78, 5) is 30.8. The van der Waals surface area contributed by atoms with E-state index < -0.39 is 12.0 Å². The number of ether oxygens (including phenoxy) is 3. The predicted octanol–water partition coefficient (Wildman–Crippen LogP) is 2.04. The van der Waals surface area contributed by atoms with E-state index in [1.807, 2.05) is 12.1 Å². The molecule has 0 radical (unpaired) electrons. The number of hydrogen-bond donors (Lipinski definition) is 0. The van der Waals surface area contributed by atoms with Crippen molar-refractivity contribution in [1.29, 1.82) is 0 Å². The Labute approximate surface area is 180 Å². The third-order valence-electron chi connectivity index (χ3n) is 4.94. The van der Waals surface area contributed by atoms with E-state index in [4.69, 9.17) is 18.6 Å². The summed E-state index contributed by atoms with van der Waals surface area (Å²) in [5.74, 6) is 1.93. The number of thiazole rings is 1. The molecule has 8 nitrogen and oxygen atoms in total. The minimum atomic E-state index is -0.747. The number of nitrogens with zero attached hydrogens (tertiary/aromatic N) is 2. The van der Waals surface area contributed by atoms with E-state index in [1.54, 1.807) is 38.1 Å². The Bertz CT molecular complexity index is 1390. The first kappa shape index (κ1) is 19.4. The highest BCUT2D eigenvalue weighted by Crippen LogP contribution is 2.33. The molecule has 9 heteroatoms. The molecule has 3 aromatic rings. The van der Waals surface area contributed by atoms with Gasteiger partial charge in [-0.3, -0.25) is 9.36 Å². The smallest absolute Gasteiger partial charge is 0.338 e. The second-order valence-electron chi connectivity index (χ2n) is 6.97. The zero-order chi connectivity index (χ0) is 21.5. The van der Waals surface area contributed by atoms with Crippen LogP contribution in [0.5, 0.6) is 11.5 Å². The summed E-state index contributed by atoms with van der Waals surface area (Å²) in [6.07, 6.45) is 3.22. The van der Waals surface area contributed by atoms with Crippen molar-refractivity contribution in [2.45, 2.75) is 19.9 Å². The van der Waals surface area contributed by atoms with Crippen LogP contribution in [0.1, 0.15) is 30.0 Å². The maximum Gasteiger partial charge on any atom is 0.338 e. The topological polar surface area (TPSA) is 92.3 Å². The van der Waals surface area contributed by atoms with Crippen molar-refractivity contribution in [2.24, 2.45) is 4.99 Å². The molecular weight excluding hydrogens is 420 g/mol. The minimum absolute atomic E-state index is 0.181. The zero-order valence-corrected chi connectivity index (χ0v) is 17.6. The van der Waals surface area contributed by atoms with Crippen LogP contribution < -0.4 is 24.4 Å². The Morgan fingerprint density at radius 3 is 2.90 bits per heavy atom. The van der Waals surface area contributed by atoms with E-state index in [0.29, 0.717) is 32.4 Å². The van der Waals surface area contributed by atoms with Crippen LogP contribution in [0.15, 0.2) is 56.3 Å². The van der Waals surface area contributed by atoms with E-state index in [1.165, 1.54) is 22.1 Å². The van der Waals surface area contributed by atoms with Crippen molar-refractivity contribution in [3.8, 4) is 11.5 Å². The summed E-state index contributed by atoms with van der Waals surface area (Å²) in [5.41, 5.74) is 0.776. The fourth-order valence-corrected chi connectivity index (χ4v) is 4.52. The largest absolute Gasteiger partial charge is 0.464 e. The summed E-state index contributed by atoms with van der Waals surface area (Å²) in [7, 11) is 0. The van der Waals surface area contributed by atoms with Crippen LogP contribution in [0, 0.1) is 6.92 Å². The molecule has 158 valence electrons. The summed E-state index contributed by atoms with van der Waals surface area (Å²) in [6.45, 7) is 3.93.